The Bertz CT molecular complexity index is 442. The SMILES string of the molecule is CCC(N)Cc1ccc(N2CCC(N(C)C)C2)c(C)c1. The fourth-order valence-electron chi connectivity index (χ4n) is 3.03. The van der Waals surface area contributed by atoms with Gasteiger partial charge < -0.3 is 15.5 Å². The number of nitrogens with two attached hydrogens (primary N) is 1. The number of benzene rings is 1. The van der Waals surface area contributed by atoms with E-state index in [0.29, 0.717) is 6.04 Å². The van der Waals surface area contributed by atoms with E-state index in [4.69, 9.17) is 5.73 Å². The highest BCUT2D eigenvalue weighted by molar-refractivity contribution is 5.55. The first-order valence-corrected chi connectivity index (χ1v) is 7.77. The quantitative estimate of drug-likeness (QED) is 0.896. The Morgan fingerprint density at radius 1 is 1.40 bits per heavy atom. The molecule has 0 spiro atoms. The Kier molecular flexibility index (Phi) is 5.06. The van der Waals surface area contributed by atoms with Crippen LogP contribution >= 0.6 is 0 Å². The van der Waals surface area contributed by atoms with Crippen molar-refractivity contribution in [2.45, 2.75) is 45.2 Å². The van der Waals surface area contributed by atoms with Crippen LogP contribution < -0.4 is 10.6 Å². The van der Waals surface area contributed by atoms with Gasteiger partial charge in [0.25, 0.3) is 0 Å². The molecule has 20 heavy (non-hydrogen) atoms. The molecule has 2 rings (SSSR count). The second-order valence-corrected chi connectivity index (χ2v) is 6.35. The van der Waals surface area contributed by atoms with Crippen molar-refractivity contribution in [1.29, 1.82) is 0 Å². The topological polar surface area (TPSA) is 32.5 Å². The molecule has 1 saturated heterocycles. The van der Waals surface area contributed by atoms with Gasteiger partial charge in [0, 0.05) is 30.9 Å². The summed E-state index contributed by atoms with van der Waals surface area (Å²) in [7, 11) is 4.35. The van der Waals surface area contributed by atoms with Crippen LogP contribution in [0.25, 0.3) is 0 Å². The zero-order chi connectivity index (χ0) is 14.7. The number of likely N-dealkylation sites (N-methyl/N-ethyl adjacent to an activating group) is 1. The van der Waals surface area contributed by atoms with E-state index < -0.39 is 0 Å². The molecule has 0 radical (unpaired) electrons. The minimum atomic E-state index is 0.283. The highest BCUT2D eigenvalue weighted by Crippen LogP contribution is 2.26. The second-order valence-electron chi connectivity index (χ2n) is 6.35. The third-order valence-corrected chi connectivity index (χ3v) is 4.52. The average Bonchev–Trinajstić information content (AvgIpc) is 2.88. The summed E-state index contributed by atoms with van der Waals surface area (Å²) in [5.41, 5.74) is 10.2. The maximum atomic E-state index is 6.05. The minimum absolute atomic E-state index is 0.283. The lowest BCUT2D eigenvalue weighted by Gasteiger charge is -2.24. The van der Waals surface area contributed by atoms with Crippen molar-refractivity contribution in [2.75, 3.05) is 32.1 Å². The van der Waals surface area contributed by atoms with Crippen molar-refractivity contribution in [3.05, 3.63) is 29.3 Å². The maximum absolute atomic E-state index is 6.05. The van der Waals surface area contributed by atoms with Gasteiger partial charge in [-0.2, -0.15) is 0 Å². The molecule has 0 aliphatic carbocycles. The monoisotopic (exact) mass is 275 g/mol. The lowest BCUT2D eigenvalue weighted by atomic mass is 10.0. The predicted molar refractivity (Wildman–Crippen MR) is 87.5 cm³/mol. The van der Waals surface area contributed by atoms with Crippen LogP contribution in [0.1, 0.15) is 30.9 Å². The van der Waals surface area contributed by atoms with E-state index in [1.807, 2.05) is 0 Å². The predicted octanol–water partition coefficient (Wildman–Crippen LogP) is 2.42. The molecule has 0 bridgehead atoms. The first-order valence-electron chi connectivity index (χ1n) is 7.77. The van der Waals surface area contributed by atoms with Crippen molar-refractivity contribution >= 4 is 5.69 Å². The standard InChI is InChI=1S/C17H29N3/c1-5-15(18)11-14-6-7-17(13(2)10-14)20-9-8-16(12-20)19(3)4/h6-7,10,15-16H,5,8-9,11-12,18H2,1-4H3. The summed E-state index contributed by atoms with van der Waals surface area (Å²) in [6.07, 6.45) is 3.28. The molecule has 1 fully saturated rings. The zero-order valence-electron chi connectivity index (χ0n) is 13.4. The summed E-state index contributed by atoms with van der Waals surface area (Å²) in [5.74, 6) is 0. The molecule has 2 unspecified atom stereocenters. The molecule has 3 heteroatoms. The number of anilines is 1. The van der Waals surface area contributed by atoms with Crippen LogP contribution in [0.2, 0.25) is 0 Å². The van der Waals surface area contributed by atoms with Crippen molar-refractivity contribution in [2.24, 2.45) is 5.73 Å². The van der Waals surface area contributed by atoms with Crippen LogP contribution in [0.15, 0.2) is 18.2 Å². The van der Waals surface area contributed by atoms with E-state index in [1.54, 1.807) is 0 Å². The molecule has 2 N–H and O–H groups in total. The van der Waals surface area contributed by atoms with Crippen LogP contribution in [0.3, 0.4) is 0 Å². The Hall–Kier alpha value is -1.06. The van der Waals surface area contributed by atoms with Gasteiger partial charge in [-0.1, -0.05) is 19.1 Å². The number of nitrogens with zero attached hydrogens (tertiary/aromatic N) is 2. The summed E-state index contributed by atoms with van der Waals surface area (Å²) >= 11 is 0. The van der Waals surface area contributed by atoms with Crippen molar-refractivity contribution in [3.63, 3.8) is 0 Å². The smallest absolute Gasteiger partial charge is 0.0396 e. The third-order valence-electron chi connectivity index (χ3n) is 4.52. The minimum Gasteiger partial charge on any atom is -0.370 e. The van der Waals surface area contributed by atoms with E-state index in [1.165, 1.54) is 23.2 Å². The molecule has 1 aromatic rings. The average molecular weight is 275 g/mol. The summed E-state index contributed by atoms with van der Waals surface area (Å²) in [5, 5.41) is 0. The van der Waals surface area contributed by atoms with Crippen LogP contribution in [0.4, 0.5) is 5.69 Å². The lowest BCUT2D eigenvalue weighted by molar-refractivity contribution is 0.315. The summed E-state index contributed by atoms with van der Waals surface area (Å²) in [4.78, 5) is 4.85. The van der Waals surface area contributed by atoms with Gasteiger partial charge in [-0.3, -0.25) is 0 Å². The molecular weight excluding hydrogens is 246 g/mol. The van der Waals surface area contributed by atoms with E-state index in [2.05, 4.69) is 55.9 Å². The van der Waals surface area contributed by atoms with Gasteiger partial charge in [-0.25, -0.2) is 0 Å². The van der Waals surface area contributed by atoms with Crippen molar-refractivity contribution in [1.82, 2.24) is 4.90 Å². The second kappa shape index (κ2) is 6.59. The Labute approximate surface area is 123 Å². The fourth-order valence-corrected chi connectivity index (χ4v) is 3.03. The third kappa shape index (κ3) is 3.53. The summed E-state index contributed by atoms with van der Waals surface area (Å²) in [6, 6.07) is 7.81. The zero-order valence-corrected chi connectivity index (χ0v) is 13.4. The molecule has 0 aromatic heterocycles. The highest BCUT2D eigenvalue weighted by Gasteiger charge is 2.24. The van der Waals surface area contributed by atoms with E-state index in [0.717, 1.165) is 25.9 Å². The molecule has 3 nitrogen and oxygen atoms in total. The van der Waals surface area contributed by atoms with E-state index in [-0.39, 0.29) is 6.04 Å². The van der Waals surface area contributed by atoms with Gasteiger partial charge in [-0.15, -0.1) is 0 Å². The van der Waals surface area contributed by atoms with Gasteiger partial charge in [0.05, 0.1) is 0 Å². The summed E-state index contributed by atoms with van der Waals surface area (Å²) < 4.78 is 0. The van der Waals surface area contributed by atoms with Gasteiger partial charge in [0.2, 0.25) is 0 Å². The highest BCUT2D eigenvalue weighted by atomic mass is 15.2. The lowest BCUT2D eigenvalue weighted by Crippen LogP contribution is -2.31. The molecule has 0 amide bonds. The fraction of sp³-hybridized carbons (Fsp3) is 0.647. The van der Waals surface area contributed by atoms with E-state index in [9.17, 15) is 0 Å². The first-order chi connectivity index (χ1) is 9.51. The van der Waals surface area contributed by atoms with E-state index >= 15 is 0 Å². The van der Waals surface area contributed by atoms with Gasteiger partial charge in [-0.05, 0) is 57.5 Å². The summed E-state index contributed by atoms with van der Waals surface area (Å²) in [6.45, 7) is 6.68. The van der Waals surface area contributed by atoms with Crippen LogP contribution in [0.5, 0.6) is 0 Å². The van der Waals surface area contributed by atoms with Gasteiger partial charge in [0.1, 0.15) is 0 Å². The maximum Gasteiger partial charge on any atom is 0.0396 e. The van der Waals surface area contributed by atoms with Crippen LogP contribution in [-0.2, 0) is 6.42 Å². The largest absolute Gasteiger partial charge is 0.370 e. The van der Waals surface area contributed by atoms with Gasteiger partial charge >= 0.3 is 0 Å². The number of hydrogen-bond donors (Lipinski definition) is 1. The van der Waals surface area contributed by atoms with Crippen LogP contribution in [-0.4, -0.2) is 44.2 Å². The molecule has 1 aromatic carbocycles. The molecule has 2 atom stereocenters. The first kappa shape index (κ1) is 15.3. The van der Waals surface area contributed by atoms with Crippen LogP contribution in [0, 0.1) is 6.92 Å². The number of aryl methyl sites for hydroxylation is 1. The van der Waals surface area contributed by atoms with Crippen molar-refractivity contribution < 1.29 is 0 Å². The molecule has 1 heterocycles. The van der Waals surface area contributed by atoms with Crippen molar-refractivity contribution in [3.8, 4) is 0 Å². The Morgan fingerprint density at radius 2 is 2.15 bits per heavy atom. The molecule has 1 aliphatic heterocycles. The van der Waals surface area contributed by atoms with Gasteiger partial charge in [0.15, 0.2) is 0 Å². The Balaban J connectivity index is 2.07. The molecular formula is C17H29N3. The normalized spacial score (nSPS) is 20.7. The Morgan fingerprint density at radius 3 is 2.70 bits per heavy atom. The number of hydrogen-bond acceptors (Lipinski definition) is 3. The molecule has 0 saturated carbocycles. The molecule has 1 aliphatic rings. The molecule has 112 valence electrons. The number of rotatable bonds is 5.